The fourth-order valence-corrected chi connectivity index (χ4v) is 3.10. The first-order chi connectivity index (χ1) is 14.6. The van der Waals surface area contributed by atoms with E-state index < -0.39 is 5.97 Å². The minimum Gasteiger partial charge on any atom is -0.478 e. The third kappa shape index (κ3) is 4.44. The molecule has 0 unspecified atom stereocenters. The van der Waals surface area contributed by atoms with Gasteiger partial charge in [0.15, 0.2) is 0 Å². The molecule has 0 bridgehead atoms. The molecule has 5 nitrogen and oxygen atoms in total. The van der Waals surface area contributed by atoms with Crippen molar-refractivity contribution in [3.8, 4) is 23.3 Å². The van der Waals surface area contributed by atoms with Crippen molar-refractivity contribution < 1.29 is 14.6 Å². The van der Waals surface area contributed by atoms with Crippen LogP contribution in [0.2, 0.25) is 0 Å². The number of benzene rings is 3. The summed E-state index contributed by atoms with van der Waals surface area (Å²) in [6, 6.07) is 25.5. The Morgan fingerprint density at radius 3 is 1.53 bits per heavy atom. The normalized spacial score (nSPS) is 11.2. The molecule has 146 valence electrons. The number of aromatic carboxylic acids is 1. The van der Waals surface area contributed by atoms with Crippen LogP contribution in [0.1, 0.15) is 27.0 Å². The molecule has 0 saturated heterocycles. The fraction of sp³-hybridized carbons (Fsp3) is 0.0800. The molecule has 30 heavy (non-hydrogen) atoms. The number of nitrogens with zero attached hydrogens (tertiary/aromatic N) is 2. The van der Waals surface area contributed by atoms with Gasteiger partial charge in [-0.3, -0.25) is 0 Å². The lowest BCUT2D eigenvalue weighted by Crippen LogP contribution is -1.95. The van der Waals surface area contributed by atoms with Gasteiger partial charge in [0.1, 0.15) is 12.1 Å². The van der Waals surface area contributed by atoms with Crippen LogP contribution in [0.3, 0.4) is 0 Å². The monoisotopic (exact) mass is 394 g/mol. The van der Waals surface area contributed by atoms with Gasteiger partial charge in [0.05, 0.1) is 23.3 Å². The molecule has 0 aliphatic carbocycles. The predicted molar refractivity (Wildman–Crippen MR) is 114 cm³/mol. The second kappa shape index (κ2) is 9.34. The molecule has 0 amide bonds. The Kier molecular flexibility index (Phi) is 6.39. The number of carboxylic acid groups (broad SMARTS) is 1. The number of ether oxygens (including phenoxy) is 1. The molecule has 0 aromatic heterocycles. The van der Waals surface area contributed by atoms with Crippen molar-refractivity contribution in [3.63, 3.8) is 0 Å². The van der Waals surface area contributed by atoms with Gasteiger partial charge in [-0.25, -0.2) is 4.79 Å². The van der Waals surface area contributed by atoms with Crippen LogP contribution in [0.4, 0.5) is 0 Å². The highest BCUT2D eigenvalue weighted by atomic mass is 16.5. The lowest BCUT2D eigenvalue weighted by molar-refractivity contribution is 0.0697. The Morgan fingerprint density at radius 1 is 0.767 bits per heavy atom. The third-order valence-corrected chi connectivity index (χ3v) is 4.67. The number of allylic oxidation sites excluding steroid dienone is 2. The summed E-state index contributed by atoms with van der Waals surface area (Å²) in [6.07, 6.45) is 0. The Labute approximate surface area is 174 Å². The zero-order valence-electron chi connectivity index (χ0n) is 16.3. The number of hydrogen-bond acceptors (Lipinski definition) is 4. The highest BCUT2D eigenvalue weighted by Crippen LogP contribution is 2.28. The third-order valence-electron chi connectivity index (χ3n) is 4.67. The van der Waals surface area contributed by atoms with Gasteiger partial charge >= 0.3 is 5.97 Å². The van der Waals surface area contributed by atoms with E-state index in [0.717, 1.165) is 16.7 Å². The summed E-state index contributed by atoms with van der Waals surface area (Å²) in [7, 11) is 1.62. The number of carboxylic acids is 1. The first-order valence-corrected chi connectivity index (χ1v) is 9.14. The van der Waals surface area contributed by atoms with Crippen molar-refractivity contribution in [1.82, 2.24) is 0 Å². The second-order valence-electron chi connectivity index (χ2n) is 6.56. The van der Waals surface area contributed by atoms with Gasteiger partial charge in [-0.15, -0.1) is 0 Å². The average molecular weight is 394 g/mol. The molecule has 0 atom stereocenters. The Morgan fingerprint density at radius 2 is 1.17 bits per heavy atom. The maximum Gasteiger partial charge on any atom is 0.335 e. The van der Waals surface area contributed by atoms with Gasteiger partial charge in [0.25, 0.3) is 0 Å². The summed E-state index contributed by atoms with van der Waals surface area (Å²) in [5.74, 6) is -0.972. The highest BCUT2D eigenvalue weighted by molar-refractivity contribution is 6.02. The molecule has 0 saturated carbocycles. The Bertz CT molecular complexity index is 1160. The lowest BCUT2D eigenvalue weighted by atomic mass is 9.94. The van der Waals surface area contributed by atoms with E-state index in [4.69, 9.17) is 9.84 Å². The number of rotatable bonds is 6. The molecular formula is C25H18N2O3. The molecule has 0 aliphatic rings. The molecular weight excluding hydrogens is 376 g/mol. The van der Waals surface area contributed by atoms with Crippen molar-refractivity contribution in [2.24, 2.45) is 0 Å². The zero-order chi connectivity index (χ0) is 21.5. The number of hydrogen-bond donors (Lipinski definition) is 1. The van der Waals surface area contributed by atoms with Gasteiger partial charge in [0, 0.05) is 7.11 Å². The molecule has 1 N–H and O–H groups in total. The maximum absolute atomic E-state index is 11.0. The summed E-state index contributed by atoms with van der Waals surface area (Å²) < 4.78 is 5.10. The maximum atomic E-state index is 11.0. The Balaban J connectivity index is 1.94. The zero-order valence-corrected chi connectivity index (χ0v) is 16.3. The number of nitriles is 2. The average Bonchev–Trinajstić information content (AvgIpc) is 2.78. The van der Waals surface area contributed by atoms with Crippen LogP contribution in [-0.4, -0.2) is 18.2 Å². The second-order valence-corrected chi connectivity index (χ2v) is 6.56. The van der Waals surface area contributed by atoms with Crippen LogP contribution in [-0.2, 0) is 11.3 Å². The largest absolute Gasteiger partial charge is 0.478 e. The lowest BCUT2D eigenvalue weighted by Gasteiger charge is -2.08. The summed E-state index contributed by atoms with van der Waals surface area (Å²) >= 11 is 0. The van der Waals surface area contributed by atoms with Gasteiger partial charge in [-0.1, -0.05) is 60.7 Å². The van der Waals surface area contributed by atoms with Crippen LogP contribution in [0.15, 0.2) is 72.8 Å². The molecule has 3 aromatic rings. The molecule has 0 spiro atoms. The van der Waals surface area contributed by atoms with Crippen molar-refractivity contribution in [2.45, 2.75) is 6.61 Å². The molecule has 0 fully saturated rings. The summed E-state index contributed by atoms with van der Waals surface area (Å²) in [4.78, 5) is 11.0. The van der Waals surface area contributed by atoms with E-state index in [9.17, 15) is 15.3 Å². The topological polar surface area (TPSA) is 94.1 Å². The van der Waals surface area contributed by atoms with E-state index in [2.05, 4.69) is 12.1 Å². The van der Waals surface area contributed by atoms with E-state index in [1.165, 1.54) is 0 Å². The first-order valence-electron chi connectivity index (χ1n) is 9.14. The molecule has 0 heterocycles. The standard InChI is InChI=1S/C25H18N2O3/c1-30-16-17-2-4-20(5-3-17)23(14-26)24(15-27)21-10-6-18(7-11-21)19-8-12-22(13-9-19)25(28)29/h2-13H,16H2,1H3,(H,28,29). The quantitative estimate of drug-likeness (QED) is 0.460. The van der Waals surface area contributed by atoms with Gasteiger partial charge < -0.3 is 9.84 Å². The molecule has 5 heteroatoms. The van der Waals surface area contributed by atoms with Gasteiger partial charge in [0.2, 0.25) is 0 Å². The Hall–Kier alpha value is -4.19. The van der Waals surface area contributed by atoms with Crippen LogP contribution in [0.25, 0.3) is 22.3 Å². The van der Waals surface area contributed by atoms with E-state index in [1.54, 1.807) is 43.5 Å². The van der Waals surface area contributed by atoms with Crippen molar-refractivity contribution in [1.29, 1.82) is 10.5 Å². The minimum atomic E-state index is -0.972. The van der Waals surface area contributed by atoms with E-state index >= 15 is 0 Å². The summed E-state index contributed by atoms with van der Waals surface area (Å²) in [5, 5.41) is 28.4. The van der Waals surface area contributed by atoms with E-state index in [-0.39, 0.29) is 5.56 Å². The summed E-state index contributed by atoms with van der Waals surface area (Å²) in [6.45, 7) is 0.478. The minimum absolute atomic E-state index is 0.222. The fourth-order valence-electron chi connectivity index (χ4n) is 3.10. The molecule has 0 aliphatic heterocycles. The smallest absolute Gasteiger partial charge is 0.335 e. The molecule has 3 aromatic carbocycles. The predicted octanol–water partition coefficient (Wildman–Crippen LogP) is 5.16. The van der Waals surface area contributed by atoms with Crippen LogP contribution in [0.5, 0.6) is 0 Å². The van der Waals surface area contributed by atoms with Gasteiger partial charge in [-0.05, 0) is 39.9 Å². The number of carbonyl (C=O) groups is 1. The highest BCUT2D eigenvalue weighted by Gasteiger charge is 2.12. The van der Waals surface area contributed by atoms with Crippen molar-refractivity contribution in [2.75, 3.05) is 7.11 Å². The first kappa shape index (κ1) is 20.5. The van der Waals surface area contributed by atoms with E-state index in [0.29, 0.717) is 28.9 Å². The van der Waals surface area contributed by atoms with Crippen molar-refractivity contribution >= 4 is 17.1 Å². The SMILES string of the molecule is COCc1ccc(C(C#N)=C(C#N)c2ccc(-c3ccc(C(=O)O)cc3)cc2)cc1. The van der Waals surface area contributed by atoms with Crippen LogP contribution < -0.4 is 0 Å². The van der Waals surface area contributed by atoms with E-state index in [1.807, 2.05) is 36.4 Å². The van der Waals surface area contributed by atoms with Crippen molar-refractivity contribution in [3.05, 3.63) is 95.1 Å². The summed E-state index contributed by atoms with van der Waals surface area (Å²) in [5.41, 5.74) is 4.86. The van der Waals surface area contributed by atoms with Gasteiger partial charge in [-0.2, -0.15) is 10.5 Å². The van der Waals surface area contributed by atoms with Crippen LogP contribution >= 0.6 is 0 Å². The number of methoxy groups -OCH3 is 1. The van der Waals surface area contributed by atoms with Crippen LogP contribution in [0, 0.1) is 22.7 Å². The molecule has 0 radical (unpaired) electrons. The molecule has 3 rings (SSSR count).